The number of amides is 1. The standard InChI is InChI=1S/C15H17F3N2O.C2HF3O2/c16-12-5-4-11(13(17)14(12)18)15(21)20-8-2-7-19-6-1-3-10(19)9-20;3-2(4,5)1(6)7/h4-5,10H,1-3,6-9H2;(H,6,7). The second-order valence-electron chi connectivity index (χ2n) is 6.46. The molecule has 28 heavy (non-hydrogen) atoms. The van der Waals surface area contributed by atoms with Gasteiger partial charge in [0.2, 0.25) is 0 Å². The summed E-state index contributed by atoms with van der Waals surface area (Å²) < 4.78 is 71.7. The van der Waals surface area contributed by atoms with Crippen LogP contribution in [0.1, 0.15) is 29.6 Å². The van der Waals surface area contributed by atoms with Gasteiger partial charge < -0.3 is 10.0 Å². The first-order valence-electron chi connectivity index (χ1n) is 8.49. The number of carbonyl (C=O) groups is 2. The van der Waals surface area contributed by atoms with Gasteiger partial charge in [0, 0.05) is 25.7 Å². The highest BCUT2D eigenvalue weighted by molar-refractivity contribution is 5.94. The zero-order valence-electron chi connectivity index (χ0n) is 14.6. The molecule has 2 heterocycles. The second-order valence-corrected chi connectivity index (χ2v) is 6.46. The highest BCUT2D eigenvalue weighted by atomic mass is 19.4. The number of halogens is 6. The quantitative estimate of drug-likeness (QED) is 0.569. The van der Waals surface area contributed by atoms with Gasteiger partial charge in [-0.3, -0.25) is 9.69 Å². The summed E-state index contributed by atoms with van der Waals surface area (Å²) >= 11 is 0. The molecule has 1 aromatic carbocycles. The van der Waals surface area contributed by atoms with Crippen molar-refractivity contribution in [1.29, 1.82) is 0 Å². The van der Waals surface area contributed by atoms with E-state index in [-0.39, 0.29) is 5.56 Å². The molecule has 156 valence electrons. The maximum absolute atomic E-state index is 13.8. The molecule has 1 unspecified atom stereocenters. The van der Waals surface area contributed by atoms with Crippen molar-refractivity contribution in [3.63, 3.8) is 0 Å². The van der Waals surface area contributed by atoms with Crippen LogP contribution in [0.15, 0.2) is 12.1 Å². The molecule has 0 aromatic heterocycles. The third kappa shape index (κ3) is 5.15. The van der Waals surface area contributed by atoms with Gasteiger partial charge in [-0.15, -0.1) is 0 Å². The molecule has 5 nitrogen and oxygen atoms in total. The van der Waals surface area contributed by atoms with E-state index in [4.69, 9.17) is 9.90 Å². The number of carboxylic acids is 1. The van der Waals surface area contributed by atoms with Crippen LogP contribution in [0.25, 0.3) is 0 Å². The molecule has 2 aliphatic heterocycles. The van der Waals surface area contributed by atoms with Crippen LogP contribution in [-0.2, 0) is 4.79 Å². The van der Waals surface area contributed by atoms with Crippen molar-refractivity contribution >= 4 is 11.9 Å². The molecule has 1 amide bonds. The Balaban J connectivity index is 0.000000345. The van der Waals surface area contributed by atoms with Gasteiger partial charge in [-0.05, 0) is 37.9 Å². The molecule has 2 fully saturated rings. The summed E-state index contributed by atoms with van der Waals surface area (Å²) in [6, 6.07) is 2.11. The Bertz CT molecular complexity index is 740. The first kappa shape index (κ1) is 22.0. The van der Waals surface area contributed by atoms with Crippen LogP contribution in [-0.4, -0.2) is 65.2 Å². The number of alkyl halides is 3. The SMILES string of the molecule is O=C(O)C(F)(F)F.O=C(c1ccc(F)c(F)c1F)N1CCCN2CCCC2C1. The van der Waals surface area contributed by atoms with Crippen molar-refractivity contribution in [3.8, 4) is 0 Å². The van der Waals surface area contributed by atoms with E-state index in [1.54, 1.807) is 4.90 Å². The van der Waals surface area contributed by atoms with Gasteiger partial charge in [0.15, 0.2) is 17.5 Å². The topological polar surface area (TPSA) is 60.9 Å². The average Bonchev–Trinajstić information content (AvgIpc) is 2.96. The fraction of sp³-hybridized carbons (Fsp3) is 0.529. The Morgan fingerprint density at radius 1 is 1.00 bits per heavy atom. The van der Waals surface area contributed by atoms with Crippen LogP contribution >= 0.6 is 0 Å². The van der Waals surface area contributed by atoms with Gasteiger partial charge in [-0.25, -0.2) is 18.0 Å². The lowest BCUT2D eigenvalue weighted by atomic mass is 10.1. The number of nitrogens with zero attached hydrogens (tertiary/aromatic N) is 2. The smallest absolute Gasteiger partial charge is 0.475 e. The lowest BCUT2D eigenvalue weighted by molar-refractivity contribution is -0.192. The number of rotatable bonds is 1. The molecule has 0 saturated carbocycles. The second kappa shape index (κ2) is 8.80. The molecule has 3 rings (SSSR count). The monoisotopic (exact) mass is 412 g/mol. The Morgan fingerprint density at radius 2 is 1.61 bits per heavy atom. The van der Waals surface area contributed by atoms with Crippen molar-refractivity contribution in [2.45, 2.75) is 31.5 Å². The predicted molar refractivity (Wildman–Crippen MR) is 85.1 cm³/mol. The number of aliphatic carboxylic acids is 1. The fourth-order valence-electron chi connectivity index (χ4n) is 3.25. The van der Waals surface area contributed by atoms with E-state index in [2.05, 4.69) is 4.90 Å². The van der Waals surface area contributed by atoms with Crippen molar-refractivity contribution in [3.05, 3.63) is 35.1 Å². The largest absolute Gasteiger partial charge is 0.490 e. The lowest BCUT2D eigenvalue weighted by Crippen LogP contribution is -2.40. The van der Waals surface area contributed by atoms with Crippen LogP contribution in [0.3, 0.4) is 0 Å². The molecule has 2 aliphatic rings. The van der Waals surface area contributed by atoms with Crippen LogP contribution in [0.5, 0.6) is 0 Å². The minimum Gasteiger partial charge on any atom is -0.475 e. The number of carboxylic acid groups (broad SMARTS) is 1. The third-order valence-corrected chi connectivity index (χ3v) is 4.60. The lowest BCUT2D eigenvalue weighted by Gasteiger charge is -2.25. The number of fused-ring (bicyclic) bond motifs is 1. The van der Waals surface area contributed by atoms with Gasteiger partial charge >= 0.3 is 12.1 Å². The normalized spacial score (nSPS) is 20.1. The maximum atomic E-state index is 13.8. The van der Waals surface area contributed by atoms with Gasteiger partial charge in [0.05, 0.1) is 5.56 Å². The first-order chi connectivity index (χ1) is 13.0. The minimum atomic E-state index is -5.08. The van der Waals surface area contributed by atoms with Gasteiger partial charge in [-0.1, -0.05) is 0 Å². The number of benzene rings is 1. The van der Waals surface area contributed by atoms with E-state index in [1.165, 1.54) is 0 Å². The third-order valence-electron chi connectivity index (χ3n) is 4.60. The predicted octanol–water partition coefficient (Wildman–Crippen LogP) is 3.05. The van der Waals surface area contributed by atoms with E-state index in [0.29, 0.717) is 19.1 Å². The van der Waals surface area contributed by atoms with Gasteiger partial charge in [0.25, 0.3) is 5.91 Å². The van der Waals surface area contributed by atoms with Crippen molar-refractivity contribution in [2.24, 2.45) is 0 Å². The zero-order chi connectivity index (χ0) is 21.1. The highest BCUT2D eigenvalue weighted by Crippen LogP contribution is 2.23. The van der Waals surface area contributed by atoms with Crippen LogP contribution in [0.2, 0.25) is 0 Å². The van der Waals surface area contributed by atoms with Gasteiger partial charge in [0.1, 0.15) is 0 Å². The summed E-state index contributed by atoms with van der Waals surface area (Å²) in [6.07, 6.45) is -2.15. The molecule has 2 saturated heterocycles. The maximum Gasteiger partial charge on any atom is 0.490 e. The van der Waals surface area contributed by atoms with E-state index < -0.39 is 35.5 Å². The van der Waals surface area contributed by atoms with E-state index in [0.717, 1.165) is 44.5 Å². The minimum absolute atomic E-state index is 0.296. The summed E-state index contributed by atoms with van der Waals surface area (Å²) in [5.74, 6) is -7.57. The molecule has 1 aromatic rings. The summed E-state index contributed by atoms with van der Waals surface area (Å²) in [7, 11) is 0. The molecule has 0 radical (unpaired) electrons. The molecule has 0 bridgehead atoms. The number of hydrogen-bond donors (Lipinski definition) is 1. The Kier molecular flexibility index (Phi) is 6.91. The van der Waals surface area contributed by atoms with Crippen LogP contribution in [0.4, 0.5) is 26.3 Å². The summed E-state index contributed by atoms with van der Waals surface area (Å²) in [5.41, 5.74) is -0.389. The highest BCUT2D eigenvalue weighted by Gasteiger charge is 2.38. The molecule has 0 spiro atoms. The number of hydrogen-bond acceptors (Lipinski definition) is 3. The van der Waals surface area contributed by atoms with Crippen molar-refractivity contribution in [2.75, 3.05) is 26.2 Å². The van der Waals surface area contributed by atoms with E-state index in [1.807, 2.05) is 0 Å². The van der Waals surface area contributed by atoms with E-state index >= 15 is 0 Å². The molecule has 11 heteroatoms. The molecular weight excluding hydrogens is 394 g/mol. The van der Waals surface area contributed by atoms with Crippen LogP contribution < -0.4 is 0 Å². The summed E-state index contributed by atoms with van der Waals surface area (Å²) in [6.45, 7) is 3.00. The molecule has 0 aliphatic carbocycles. The Morgan fingerprint density at radius 3 is 2.21 bits per heavy atom. The molecule has 1 atom stereocenters. The summed E-state index contributed by atoms with van der Waals surface area (Å²) in [4.78, 5) is 25.2. The zero-order valence-corrected chi connectivity index (χ0v) is 14.6. The summed E-state index contributed by atoms with van der Waals surface area (Å²) in [5, 5.41) is 7.12. The number of carbonyl (C=O) groups excluding carboxylic acids is 1. The Labute approximate surface area is 156 Å². The first-order valence-corrected chi connectivity index (χ1v) is 8.49. The van der Waals surface area contributed by atoms with Crippen molar-refractivity contribution < 1.29 is 41.0 Å². The Hall–Kier alpha value is -2.30. The van der Waals surface area contributed by atoms with Crippen LogP contribution in [0, 0.1) is 17.5 Å². The molecule has 1 N–H and O–H groups in total. The van der Waals surface area contributed by atoms with Gasteiger partial charge in [-0.2, -0.15) is 13.2 Å². The van der Waals surface area contributed by atoms with E-state index in [9.17, 15) is 31.1 Å². The van der Waals surface area contributed by atoms with Crippen molar-refractivity contribution in [1.82, 2.24) is 9.80 Å². The fourth-order valence-corrected chi connectivity index (χ4v) is 3.25. The molecular formula is C17H18F6N2O3. The average molecular weight is 412 g/mol.